The van der Waals surface area contributed by atoms with E-state index in [1.165, 1.54) is 12.0 Å². The lowest BCUT2D eigenvalue weighted by Crippen LogP contribution is -2.33. The van der Waals surface area contributed by atoms with Crippen molar-refractivity contribution in [2.24, 2.45) is 0 Å². The maximum Gasteiger partial charge on any atom is 0.241 e. The van der Waals surface area contributed by atoms with Crippen LogP contribution in [0.25, 0.3) is 11.6 Å². The molecule has 4 rings (SSSR count). The van der Waals surface area contributed by atoms with Crippen LogP contribution < -0.4 is 0 Å². The van der Waals surface area contributed by atoms with E-state index in [0.717, 1.165) is 25.9 Å². The fourth-order valence-electron chi connectivity index (χ4n) is 3.28. The molecule has 1 fully saturated rings. The highest BCUT2D eigenvalue weighted by molar-refractivity contribution is 5.39. The van der Waals surface area contributed by atoms with Gasteiger partial charge in [-0.15, -0.1) is 0 Å². The Morgan fingerprint density at radius 3 is 2.96 bits per heavy atom. The van der Waals surface area contributed by atoms with Crippen LogP contribution in [0.4, 0.5) is 0 Å². The minimum Gasteiger partial charge on any atom is -0.394 e. The Morgan fingerprint density at radius 1 is 1.32 bits per heavy atom. The first kappa shape index (κ1) is 15.9. The topological polar surface area (TPSA) is 122 Å². The van der Waals surface area contributed by atoms with Gasteiger partial charge in [0, 0.05) is 17.8 Å². The van der Waals surface area contributed by atoms with Gasteiger partial charge in [-0.25, -0.2) is 4.98 Å². The van der Waals surface area contributed by atoms with E-state index in [1.54, 1.807) is 6.20 Å². The summed E-state index contributed by atoms with van der Waals surface area (Å²) in [5.41, 5.74) is 1.21. The molecule has 1 aliphatic heterocycles. The van der Waals surface area contributed by atoms with Crippen LogP contribution in [0.15, 0.2) is 23.1 Å². The number of rotatable bonds is 6. The number of aromatic amines is 1. The summed E-state index contributed by atoms with van der Waals surface area (Å²) in [6.45, 7) is 3.20. The second-order valence-corrected chi connectivity index (χ2v) is 6.10. The number of piperidine rings is 1. The van der Waals surface area contributed by atoms with Crippen LogP contribution in [0.3, 0.4) is 0 Å². The molecule has 0 aromatic carbocycles. The summed E-state index contributed by atoms with van der Waals surface area (Å²) in [6.07, 6.45) is 5.30. The second kappa shape index (κ2) is 7.11. The Morgan fingerprint density at radius 2 is 2.20 bits per heavy atom. The van der Waals surface area contributed by atoms with Gasteiger partial charge in [-0.1, -0.05) is 5.16 Å². The molecule has 25 heavy (non-hydrogen) atoms. The molecule has 0 radical (unpaired) electrons. The molecule has 3 aromatic heterocycles. The van der Waals surface area contributed by atoms with Crippen molar-refractivity contribution >= 4 is 0 Å². The van der Waals surface area contributed by atoms with Gasteiger partial charge in [0.2, 0.25) is 11.7 Å². The number of likely N-dealkylation sites (tertiary alicyclic amines) is 1. The number of hydrogen-bond acceptors (Lipinski definition) is 8. The van der Waals surface area contributed by atoms with Crippen molar-refractivity contribution in [2.45, 2.75) is 31.8 Å². The van der Waals surface area contributed by atoms with E-state index in [4.69, 9.17) is 9.63 Å². The number of nitrogens with one attached hydrogen (secondary N) is 1. The first-order valence-electron chi connectivity index (χ1n) is 8.36. The summed E-state index contributed by atoms with van der Waals surface area (Å²) >= 11 is 0. The van der Waals surface area contributed by atoms with Crippen molar-refractivity contribution in [1.82, 2.24) is 40.0 Å². The minimum absolute atomic E-state index is 0.109. The molecule has 0 spiro atoms. The Hall–Kier alpha value is -2.59. The molecular formula is C15H20N8O2. The molecule has 0 amide bonds. The van der Waals surface area contributed by atoms with Gasteiger partial charge in [-0.3, -0.25) is 14.7 Å². The van der Waals surface area contributed by atoms with Gasteiger partial charge in [-0.05, 0) is 32.0 Å². The summed E-state index contributed by atoms with van der Waals surface area (Å²) in [5.74, 6) is 1.98. The van der Waals surface area contributed by atoms with Gasteiger partial charge >= 0.3 is 0 Å². The fraction of sp³-hybridized carbons (Fsp3) is 0.533. The molecule has 0 unspecified atom stereocenters. The molecule has 132 valence electrons. The van der Waals surface area contributed by atoms with E-state index in [2.05, 4.69) is 41.4 Å². The van der Waals surface area contributed by atoms with E-state index in [1.807, 2.05) is 4.68 Å². The van der Waals surface area contributed by atoms with Crippen LogP contribution >= 0.6 is 0 Å². The molecule has 0 bridgehead atoms. The molecule has 1 aliphatic rings. The predicted molar refractivity (Wildman–Crippen MR) is 86.2 cm³/mol. The lowest BCUT2D eigenvalue weighted by atomic mass is 9.93. The first-order chi connectivity index (χ1) is 12.3. The van der Waals surface area contributed by atoms with Crippen molar-refractivity contribution in [3.05, 3.63) is 30.2 Å². The quantitative estimate of drug-likeness (QED) is 0.660. The molecular weight excluding hydrogens is 324 g/mol. The van der Waals surface area contributed by atoms with E-state index in [0.29, 0.717) is 36.5 Å². The average Bonchev–Trinajstić information content (AvgIpc) is 3.37. The maximum atomic E-state index is 9.13. The van der Waals surface area contributed by atoms with E-state index in [-0.39, 0.29) is 6.61 Å². The lowest BCUT2D eigenvalue weighted by molar-refractivity contribution is 0.177. The van der Waals surface area contributed by atoms with Gasteiger partial charge in [0.05, 0.1) is 19.7 Å². The Kier molecular flexibility index (Phi) is 4.53. The van der Waals surface area contributed by atoms with Crippen molar-refractivity contribution in [3.8, 4) is 11.6 Å². The predicted octanol–water partition coefficient (Wildman–Crippen LogP) is 0.423. The highest BCUT2D eigenvalue weighted by atomic mass is 16.5. The highest BCUT2D eigenvalue weighted by Crippen LogP contribution is 2.28. The first-order valence-corrected chi connectivity index (χ1v) is 8.36. The SMILES string of the molecule is OCCn1nccc1C1CCN(Cc2nc(-c3ncn[nH]3)no2)CC1. The Labute approximate surface area is 143 Å². The summed E-state index contributed by atoms with van der Waals surface area (Å²) in [5, 5.41) is 23.9. The van der Waals surface area contributed by atoms with E-state index < -0.39 is 0 Å². The standard InChI is InChI=1S/C15H20N8O2/c24-8-7-23-12(1-4-18-23)11-2-5-22(6-3-11)9-13-19-15(21-25-13)14-16-10-17-20-14/h1,4,10-11,24H,2-3,5-9H2,(H,16,17,20). The zero-order chi connectivity index (χ0) is 17.1. The van der Waals surface area contributed by atoms with E-state index in [9.17, 15) is 0 Å². The average molecular weight is 344 g/mol. The molecule has 10 heteroatoms. The smallest absolute Gasteiger partial charge is 0.241 e. The monoisotopic (exact) mass is 344 g/mol. The molecule has 4 heterocycles. The Bertz CT molecular complexity index is 788. The summed E-state index contributed by atoms with van der Waals surface area (Å²) in [4.78, 5) is 10.7. The summed E-state index contributed by atoms with van der Waals surface area (Å²) in [7, 11) is 0. The lowest BCUT2D eigenvalue weighted by Gasteiger charge is -2.31. The van der Waals surface area contributed by atoms with Gasteiger partial charge in [0.25, 0.3) is 0 Å². The van der Waals surface area contributed by atoms with Crippen molar-refractivity contribution < 1.29 is 9.63 Å². The Balaban J connectivity index is 1.34. The number of aliphatic hydroxyl groups is 1. The normalized spacial score (nSPS) is 16.5. The molecule has 3 aromatic rings. The number of hydrogen-bond donors (Lipinski definition) is 2. The third-order valence-electron chi connectivity index (χ3n) is 4.52. The maximum absolute atomic E-state index is 9.13. The van der Waals surface area contributed by atoms with Gasteiger partial charge in [0.1, 0.15) is 6.33 Å². The largest absolute Gasteiger partial charge is 0.394 e. The number of aromatic nitrogens is 7. The number of H-pyrrole nitrogens is 1. The van der Waals surface area contributed by atoms with Gasteiger partial charge in [0.15, 0.2) is 5.82 Å². The van der Waals surface area contributed by atoms with Crippen LogP contribution in [0.5, 0.6) is 0 Å². The summed E-state index contributed by atoms with van der Waals surface area (Å²) in [6, 6.07) is 2.05. The molecule has 1 saturated heterocycles. The van der Waals surface area contributed by atoms with E-state index >= 15 is 0 Å². The second-order valence-electron chi connectivity index (χ2n) is 6.10. The molecule has 0 atom stereocenters. The van der Waals surface area contributed by atoms with Crippen LogP contribution in [-0.2, 0) is 13.1 Å². The number of aliphatic hydroxyl groups excluding tert-OH is 1. The van der Waals surface area contributed by atoms with Crippen LogP contribution in [-0.4, -0.2) is 64.8 Å². The third kappa shape index (κ3) is 3.44. The third-order valence-corrected chi connectivity index (χ3v) is 4.52. The van der Waals surface area contributed by atoms with Crippen LogP contribution in [0, 0.1) is 0 Å². The zero-order valence-corrected chi connectivity index (χ0v) is 13.7. The summed E-state index contributed by atoms with van der Waals surface area (Å²) < 4.78 is 7.21. The van der Waals surface area contributed by atoms with Crippen molar-refractivity contribution in [1.29, 1.82) is 0 Å². The van der Waals surface area contributed by atoms with Crippen LogP contribution in [0.1, 0.15) is 30.3 Å². The van der Waals surface area contributed by atoms with Crippen molar-refractivity contribution in [2.75, 3.05) is 19.7 Å². The fourth-order valence-corrected chi connectivity index (χ4v) is 3.28. The molecule has 0 saturated carbocycles. The molecule has 2 N–H and O–H groups in total. The molecule has 10 nitrogen and oxygen atoms in total. The molecule has 0 aliphatic carbocycles. The number of nitrogens with zero attached hydrogens (tertiary/aromatic N) is 7. The zero-order valence-electron chi connectivity index (χ0n) is 13.7. The minimum atomic E-state index is 0.109. The van der Waals surface area contributed by atoms with Crippen molar-refractivity contribution in [3.63, 3.8) is 0 Å². The van der Waals surface area contributed by atoms with Crippen LogP contribution in [0.2, 0.25) is 0 Å². The van der Waals surface area contributed by atoms with Gasteiger partial charge in [-0.2, -0.15) is 15.2 Å². The highest BCUT2D eigenvalue weighted by Gasteiger charge is 2.24. The van der Waals surface area contributed by atoms with Gasteiger partial charge < -0.3 is 9.63 Å².